The molecule has 2 rings (SSSR count). The number of anilines is 1. The zero-order valence-electron chi connectivity index (χ0n) is 16.3. The molecule has 1 amide bonds. The van der Waals surface area contributed by atoms with Crippen molar-refractivity contribution in [3.63, 3.8) is 0 Å². The number of amides is 1. The summed E-state index contributed by atoms with van der Waals surface area (Å²) in [7, 11) is -0.697. The maximum Gasteiger partial charge on any atom is 0.242 e. The topological polar surface area (TPSA) is 103 Å². The Kier molecular flexibility index (Phi) is 6.82. The van der Waals surface area contributed by atoms with Crippen molar-refractivity contribution in [1.29, 1.82) is 5.26 Å². The molecule has 0 aliphatic heterocycles. The highest BCUT2D eigenvalue weighted by molar-refractivity contribution is 8.00. The Morgan fingerprint density at radius 1 is 1.29 bits per heavy atom. The maximum absolute atomic E-state index is 12.6. The molecule has 28 heavy (non-hydrogen) atoms. The Balaban J connectivity index is 2.20. The molecule has 9 heteroatoms. The Bertz CT molecular complexity index is 1040. The highest BCUT2D eigenvalue weighted by atomic mass is 32.2. The summed E-state index contributed by atoms with van der Waals surface area (Å²) in [6.07, 6.45) is 0. The predicted octanol–water partition coefficient (Wildman–Crippen LogP) is 2.94. The summed E-state index contributed by atoms with van der Waals surface area (Å²) in [5.41, 5.74) is 2.42. The van der Waals surface area contributed by atoms with Crippen molar-refractivity contribution < 1.29 is 13.2 Å². The Labute approximate surface area is 169 Å². The Morgan fingerprint density at radius 3 is 2.57 bits per heavy atom. The van der Waals surface area contributed by atoms with E-state index in [0.717, 1.165) is 15.6 Å². The number of rotatable bonds is 6. The first kappa shape index (κ1) is 21.9. The van der Waals surface area contributed by atoms with E-state index < -0.39 is 15.3 Å². The van der Waals surface area contributed by atoms with E-state index in [2.05, 4.69) is 16.4 Å². The van der Waals surface area contributed by atoms with Gasteiger partial charge in [0.15, 0.2) is 0 Å². The van der Waals surface area contributed by atoms with E-state index in [1.54, 1.807) is 19.1 Å². The molecule has 0 saturated heterocycles. The number of aromatic nitrogens is 1. The van der Waals surface area contributed by atoms with Crippen LogP contribution in [-0.4, -0.2) is 43.0 Å². The van der Waals surface area contributed by atoms with Crippen LogP contribution in [0.15, 0.2) is 40.3 Å². The Hall–Kier alpha value is -2.41. The smallest absolute Gasteiger partial charge is 0.242 e. The fourth-order valence-electron chi connectivity index (χ4n) is 2.43. The molecule has 1 aromatic heterocycles. The number of aryl methyl sites for hydroxylation is 2. The lowest BCUT2D eigenvalue weighted by Gasteiger charge is -2.15. The SMILES string of the molecule is Cc1cc(C)c(C#N)c(S[C@@H](C)C(=O)Nc2cccc(S(=O)(=O)N(C)C)c2)n1. The average molecular weight is 419 g/mol. The largest absolute Gasteiger partial charge is 0.325 e. The van der Waals surface area contributed by atoms with Crippen molar-refractivity contribution in [2.24, 2.45) is 0 Å². The molecule has 2 aromatic rings. The maximum atomic E-state index is 12.6. The van der Waals surface area contributed by atoms with Gasteiger partial charge >= 0.3 is 0 Å². The number of thioether (sulfide) groups is 1. The molecule has 0 fully saturated rings. The number of carbonyl (C=O) groups excluding carboxylic acids is 1. The number of benzene rings is 1. The van der Waals surface area contributed by atoms with E-state index in [1.165, 1.54) is 38.0 Å². The number of nitrogens with one attached hydrogen (secondary N) is 1. The molecule has 1 heterocycles. The van der Waals surface area contributed by atoms with Gasteiger partial charge in [0.1, 0.15) is 11.1 Å². The molecule has 0 radical (unpaired) electrons. The molecule has 0 unspecified atom stereocenters. The van der Waals surface area contributed by atoms with Gasteiger partial charge in [0, 0.05) is 25.5 Å². The van der Waals surface area contributed by atoms with Gasteiger partial charge in [0.25, 0.3) is 0 Å². The number of sulfonamides is 1. The molecule has 1 N–H and O–H groups in total. The molecule has 1 atom stereocenters. The third-order valence-corrected chi connectivity index (χ3v) is 6.86. The van der Waals surface area contributed by atoms with Crippen LogP contribution in [0.5, 0.6) is 0 Å². The molecule has 0 saturated carbocycles. The highest BCUT2D eigenvalue weighted by Crippen LogP contribution is 2.28. The molecule has 0 bridgehead atoms. The van der Waals surface area contributed by atoms with E-state index in [-0.39, 0.29) is 10.8 Å². The van der Waals surface area contributed by atoms with Crippen LogP contribution < -0.4 is 5.32 Å². The van der Waals surface area contributed by atoms with Crippen molar-refractivity contribution >= 4 is 33.4 Å². The highest BCUT2D eigenvalue weighted by Gasteiger charge is 2.21. The zero-order valence-corrected chi connectivity index (χ0v) is 18.0. The summed E-state index contributed by atoms with van der Waals surface area (Å²) in [4.78, 5) is 17.0. The summed E-state index contributed by atoms with van der Waals surface area (Å²) in [5, 5.41) is 12.1. The molecule has 0 aliphatic carbocycles. The lowest BCUT2D eigenvalue weighted by Crippen LogP contribution is -2.24. The second-order valence-electron chi connectivity index (χ2n) is 6.44. The van der Waals surface area contributed by atoms with Gasteiger partial charge in [-0.25, -0.2) is 17.7 Å². The Morgan fingerprint density at radius 2 is 1.96 bits per heavy atom. The molecular weight excluding hydrogens is 396 g/mol. The first-order valence-corrected chi connectivity index (χ1v) is 10.8. The quantitative estimate of drug-likeness (QED) is 0.724. The normalized spacial score (nSPS) is 12.5. The first-order valence-electron chi connectivity index (χ1n) is 8.44. The molecule has 1 aromatic carbocycles. The van der Waals surface area contributed by atoms with Crippen LogP contribution in [0.1, 0.15) is 23.7 Å². The second kappa shape index (κ2) is 8.73. The van der Waals surface area contributed by atoms with E-state index in [4.69, 9.17) is 0 Å². The van der Waals surface area contributed by atoms with E-state index >= 15 is 0 Å². The van der Waals surface area contributed by atoms with Crippen molar-refractivity contribution in [1.82, 2.24) is 9.29 Å². The van der Waals surface area contributed by atoms with Gasteiger partial charge in [-0.15, -0.1) is 0 Å². The van der Waals surface area contributed by atoms with Crippen molar-refractivity contribution in [2.45, 2.75) is 35.9 Å². The van der Waals surface area contributed by atoms with Crippen molar-refractivity contribution in [3.05, 3.63) is 47.2 Å². The minimum absolute atomic E-state index is 0.0957. The third kappa shape index (κ3) is 4.90. The number of nitriles is 1. The lowest BCUT2D eigenvalue weighted by atomic mass is 10.1. The van der Waals surface area contributed by atoms with Gasteiger partial charge in [0.05, 0.1) is 15.7 Å². The molecule has 148 valence electrons. The van der Waals surface area contributed by atoms with Crippen LogP contribution in [-0.2, 0) is 14.8 Å². The van der Waals surface area contributed by atoms with Gasteiger partial charge in [-0.2, -0.15) is 5.26 Å². The van der Waals surface area contributed by atoms with Crippen LogP contribution in [0.2, 0.25) is 0 Å². The fourth-order valence-corrected chi connectivity index (χ4v) is 4.40. The van der Waals surface area contributed by atoms with Gasteiger partial charge in [-0.05, 0) is 50.6 Å². The van der Waals surface area contributed by atoms with E-state index in [9.17, 15) is 18.5 Å². The summed E-state index contributed by atoms with van der Waals surface area (Å²) < 4.78 is 25.6. The summed E-state index contributed by atoms with van der Waals surface area (Å²) in [6.45, 7) is 5.37. The van der Waals surface area contributed by atoms with Crippen LogP contribution in [0.4, 0.5) is 5.69 Å². The van der Waals surface area contributed by atoms with Gasteiger partial charge in [-0.3, -0.25) is 4.79 Å². The second-order valence-corrected chi connectivity index (χ2v) is 9.92. The summed E-state index contributed by atoms with van der Waals surface area (Å²) in [6, 6.07) is 10.0. The molecule has 7 nitrogen and oxygen atoms in total. The van der Waals surface area contributed by atoms with Crippen molar-refractivity contribution in [2.75, 3.05) is 19.4 Å². The van der Waals surface area contributed by atoms with Crippen molar-refractivity contribution in [3.8, 4) is 6.07 Å². The van der Waals surface area contributed by atoms with E-state index in [0.29, 0.717) is 16.3 Å². The number of nitrogens with zero attached hydrogens (tertiary/aromatic N) is 3. The van der Waals surface area contributed by atoms with Gasteiger partial charge < -0.3 is 5.32 Å². The van der Waals surface area contributed by atoms with Crippen LogP contribution in [0, 0.1) is 25.2 Å². The molecule has 0 aliphatic rings. The lowest BCUT2D eigenvalue weighted by molar-refractivity contribution is -0.115. The minimum Gasteiger partial charge on any atom is -0.325 e. The van der Waals surface area contributed by atoms with E-state index in [1.807, 2.05) is 19.9 Å². The summed E-state index contributed by atoms with van der Waals surface area (Å²) in [5.74, 6) is -0.311. The van der Waals surface area contributed by atoms with Crippen LogP contribution >= 0.6 is 11.8 Å². The summed E-state index contributed by atoms with van der Waals surface area (Å²) >= 11 is 1.19. The zero-order chi connectivity index (χ0) is 21.1. The number of hydrogen-bond acceptors (Lipinski definition) is 6. The monoisotopic (exact) mass is 418 g/mol. The number of carbonyl (C=O) groups is 1. The molecular formula is C19H22N4O3S2. The average Bonchev–Trinajstić information content (AvgIpc) is 2.61. The predicted molar refractivity (Wildman–Crippen MR) is 110 cm³/mol. The standard InChI is InChI=1S/C19H22N4O3S2/c1-12-9-13(2)21-19(17(12)11-20)27-14(3)18(24)22-15-7-6-8-16(10-15)28(25,26)23(4)5/h6-10,14H,1-5H3,(H,22,24)/t14-/m0/s1. The van der Waals surface area contributed by atoms with Gasteiger partial charge in [0.2, 0.25) is 15.9 Å². The van der Waals surface area contributed by atoms with Gasteiger partial charge in [-0.1, -0.05) is 17.8 Å². The number of pyridine rings is 1. The number of hydrogen-bond donors (Lipinski definition) is 1. The third-order valence-electron chi connectivity index (χ3n) is 3.96. The first-order chi connectivity index (χ1) is 13.1. The minimum atomic E-state index is -3.59. The molecule has 0 spiro atoms. The fraction of sp³-hybridized carbons (Fsp3) is 0.316. The van der Waals surface area contributed by atoms with Crippen LogP contribution in [0.3, 0.4) is 0 Å². The van der Waals surface area contributed by atoms with Crippen LogP contribution in [0.25, 0.3) is 0 Å².